The van der Waals surface area contributed by atoms with Crippen LogP contribution in [0.1, 0.15) is 182 Å². The second kappa shape index (κ2) is 26.9. The Morgan fingerprint density at radius 3 is 1.39 bits per heavy atom. The molecule has 1 aliphatic rings. The fourth-order valence-corrected chi connectivity index (χ4v) is 5.88. The Kier molecular flexibility index (Phi) is 24.5. The van der Waals surface area contributed by atoms with Gasteiger partial charge in [0.15, 0.2) is 6.10 Å². The summed E-state index contributed by atoms with van der Waals surface area (Å²) in [7, 11) is 0. The second-order valence-electron chi connectivity index (χ2n) is 14.2. The van der Waals surface area contributed by atoms with Crippen molar-refractivity contribution in [2.75, 3.05) is 6.61 Å². The van der Waals surface area contributed by atoms with Crippen molar-refractivity contribution < 1.29 is 38.8 Å². The molecule has 0 bridgehead atoms. The summed E-state index contributed by atoms with van der Waals surface area (Å²) in [6, 6.07) is 0. The van der Waals surface area contributed by atoms with Crippen LogP contribution < -0.4 is 0 Å². The molecule has 1 rings (SSSR count). The first kappa shape index (κ1) is 41.9. The highest BCUT2D eigenvalue weighted by atomic mass is 16.6. The predicted molar refractivity (Wildman–Crippen MR) is 183 cm³/mol. The van der Waals surface area contributed by atoms with Crippen molar-refractivity contribution in [1.82, 2.24) is 0 Å². The van der Waals surface area contributed by atoms with Crippen molar-refractivity contribution in [1.29, 1.82) is 0 Å². The minimum absolute atomic E-state index is 0.134. The van der Waals surface area contributed by atoms with E-state index in [1.807, 2.05) is 0 Å². The first-order valence-electron chi connectivity index (χ1n) is 18.8. The lowest BCUT2D eigenvalue weighted by atomic mass is 10.0. The Hall–Kier alpha value is -2.09. The van der Waals surface area contributed by atoms with Gasteiger partial charge in [-0.15, -0.1) is 0 Å². The van der Waals surface area contributed by atoms with Crippen molar-refractivity contribution in [2.24, 2.45) is 11.8 Å². The van der Waals surface area contributed by atoms with Gasteiger partial charge in [0, 0.05) is 12.8 Å². The molecule has 0 unspecified atom stereocenters. The Balaban J connectivity index is 2.22. The average molecular weight is 653 g/mol. The number of carbonyl (C=O) groups is 3. The molecule has 0 aliphatic carbocycles. The van der Waals surface area contributed by atoms with Crippen molar-refractivity contribution in [3.8, 4) is 0 Å². The molecule has 0 amide bonds. The standard InChI is InChI=1S/C38H68O8/c1-30(2)25-21-17-13-9-5-7-11-15-19-23-27-33(40)44-32(29-39)36-37(35(42)38(43)46-36)45-34(41)28-24-20-16-12-8-6-10-14-18-22-26-31(3)4/h30-32,36,39,42H,5-29H2,1-4H3/t32-,36+/m0/s1. The molecular formula is C38H68O8. The molecule has 1 aliphatic heterocycles. The molecule has 0 aromatic rings. The van der Waals surface area contributed by atoms with Crippen LogP contribution in [0, 0.1) is 11.8 Å². The maximum absolute atomic E-state index is 12.5. The summed E-state index contributed by atoms with van der Waals surface area (Å²) in [5, 5.41) is 20.0. The molecule has 2 atom stereocenters. The van der Waals surface area contributed by atoms with Gasteiger partial charge in [0.2, 0.25) is 17.6 Å². The molecule has 0 radical (unpaired) electrons. The van der Waals surface area contributed by atoms with Gasteiger partial charge in [0.05, 0.1) is 6.61 Å². The maximum Gasteiger partial charge on any atom is 0.378 e. The van der Waals surface area contributed by atoms with Crippen LogP contribution in [0.3, 0.4) is 0 Å². The van der Waals surface area contributed by atoms with Gasteiger partial charge in [-0.1, -0.05) is 156 Å². The lowest BCUT2D eigenvalue weighted by Gasteiger charge is -2.22. The number of aliphatic hydroxyl groups is 2. The quantitative estimate of drug-likeness (QED) is 0.0447. The first-order valence-corrected chi connectivity index (χ1v) is 18.8. The zero-order valence-electron chi connectivity index (χ0n) is 29.8. The minimum atomic E-state index is -1.36. The average Bonchev–Trinajstić information content (AvgIpc) is 3.28. The molecule has 8 heteroatoms. The molecular weight excluding hydrogens is 584 g/mol. The largest absolute Gasteiger partial charge is 0.499 e. The number of cyclic esters (lactones) is 1. The van der Waals surface area contributed by atoms with Gasteiger partial charge in [0.25, 0.3) is 0 Å². The number of rotatable bonds is 30. The van der Waals surface area contributed by atoms with Crippen LogP contribution in [0.4, 0.5) is 0 Å². The summed E-state index contributed by atoms with van der Waals surface area (Å²) >= 11 is 0. The number of hydrogen-bond donors (Lipinski definition) is 2. The highest BCUT2D eigenvalue weighted by molar-refractivity contribution is 5.90. The Morgan fingerprint density at radius 1 is 0.630 bits per heavy atom. The van der Waals surface area contributed by atoms with E-state index >= 15 is 0 Å². The highest BCUT2D eigenvalue weighted by Crippen LogP contribution is 2.27. The molecule has 268 valence electrons. The van der Waals surface area contributed by atoms with Crippen molar-refractivity contribution in [3.63, 3.8) is 0 Å². The number of hydrogen-bond acceptors (Lipinski definition) is 8. The third-order valence-corrected chi connectivity index (χ3v) is 8.77. The topological polar surface area (TPSA) is 119 Å². The van der Waals surface area contributed by atoms with Crippen molar-refractivity contribution >= 4 is 17.9 Å². The van der Waals surface area contributed by atoms with Crippen molar-refractivity contribution in [2.45, 2.75) is 194 Å². The number of esters is 3. The van der Waals surface area contributed by atoms with Crippen LogP contribution >= 0.6 is 0 Å². The lowest BCUT2D eigenvalue weighted by molar-refractivity contribution is -0.166. The van der Waals surface area contributed by atoms with E-state index in [2.05, 4.69) is 27.7 Å². The molecule has 0 aromatic carbocycles. The maximum atomic E-state index is 12.5. The van der Waals surface area contributed by atoms with Crippen LogP contribution in [0.15, 0.2) is 11.5 Å². The number of aliphatic hydroxyl groups excluding tert-OH is 2. The fraction of sp³-hybridized carbons (Fsp3) is 0.868. The molecule has 46 heavy (non-hydrogen) atoms. The Morgan fingerprint density at radius 2 is 1.00 bits per heavy atom. The molecule has 1 heterocycles. The third-order valence-electron chi connectivity index (χ3n) is 8.77. The fourth-order valence-electron chi connectivity index (χ4n) is 5.88. The van der Waals surface area contributed by atoms with Crippen LogP contribution in [0.25, 0.3) is 0 Å². The first-order chi connectivity index (χ1) is 22.1. The molecule has 0 fully saturated rings. The summed E-state index contributed by atoms with van der Waals surface area (Å²) < 4.78 is 15.8. The van der Waals surface area contributed by atoms with E-state index in [4.69, 9.17) is 14.2 Å². The Bertz CT molecular complexity index is 850. The normalized spacial score (nSPS) is 15.5. The summed E-state index contributed by atoms with van der Waals surface area (Å²) in [4.78, 5) is 37.0. The van der Waals surface area contributed by atoms with E-state index in [0.29, 0.717) is 12.8 Å². The lowest BCUT2D eigenvalue weighted by Crippen LogP contribution is -2.37. The smallest absolute Gasteiger partial charge is 0.378 e. The van der Waals surface area contributed by atoms with Gasteiger partial charge in [-0.05, 0) is 24.7 Å². The highest BCUT2D eigenvalue weighted by Gasteiger charge is 2.44. The molecule has 0 saturated heterocycles. The summed E-state index contributed by atoms with van der Waals surface area (Å²) in [6.07, 6.45) is 23.2. The monoisotopic (exact) mass is 652 g/mol. The van der Waals surface area contributed by atoms with E-state index in [9.17, 15) is 24.6 Å². The molecule has 0 spiro atoms. The van der Waals surface area contributed by atoms with Crippen LogP contribution in [0.5, 0.6) is 0 Å². The van der Waals surface area contributed by atoms with E-state index in [1.54, 1.807) is 0 Å². The zero-order chi connectivity index (χ0) is 34.0. The molecule has 0 aromatic heterocycles. The minimum Gasteiger partial charge on any atom is -0.499 e. The zero-order valence-corrected chi connectivity index (χ0v) is 29.8. The van der Waals surface area contributed by atoms with Crippen LogP contribution in [-0.4, -0.2) is 46.9 Å². The van der Waals surface area contributed by atoms with E-state index in [0.717, 1.165) is 50.4 Å². The summed E-state index contributed by atoms with van der Waals surface area (Å²) in [6.45, 7) is 8.45. The van der Waals surface area contributed by atoms with Gasteiger partial charge >= 0.3 is 17.9 Å². The van der Waals surface area contributed by atoms with Gasteiger partial charge in [0.1, 0.15) is 0 Å². The SMILES string of the molecule is CC(C)CCCCCCCCCCCCC(=O)OC1=C(O)C(=O)O[C@@H]1[C@H](CO)OC(=O)CCCCCCCCCCCCC(C)C. The van der Waals surface area contributed by atoms with Crippen LogP contribution in [-0.2, 0) is 28.6 Å². The van der Waals surface area contributed by atoms with Gasteiger partial charge in [-0.3, -0.25) is 9.59 Å². The summed E-state index contributed by atoms with van der Waals surface area (Å²) in [5.41, 5.74) is 0. The number of unbranched alkanes of at least 4 members (excludes halogenated alkanes) is 18. The number of ether oxygens (including phenoxy) is 3. The van der Waals surface area contributed by atoms with E-state index < -0.39 is 48.2 Å². The van der Waals surface area contributed by atoms with Crippen molar-refractivity contribution in [3.05, 3.63) is 11.5 Å². The third kappa shape index (κ3) is 20.9. The van der Waals surface area contributed by atoms with E-state index in [-0.39, 0.29) is 12.8 Å². The van der Waals surface area contributed by atoms with Gasteiger partial charge < -0.3 is 24.4 Å². The molecule has 0 saturated carbocycles. The summed E-state index contributed by atoms with van der Waals surface area (Å²) in [5.74, 6) is -1.83. The predicted octanol–water partition coefficient (Wildman–Crippen LogP) is 9.80. The molecule has 2 N–H and O–H groups in total. The Labute approximate surface area is 280 Å². The molecule has 8 nitrogen and oxygen atoms in total. The van der Waals surface area contributed by atoms with Gasteiger partial charge in [-0.25, -0.2) is 4.79 Å². The van der Waals surface area contributed by atoms with E-state index in [1.165, 1.54) is 89.9 Å². The van der Waals surface area contributed by atoms with Crippen LogP contribution in [0.2, 0.25) is 0 Å². The number of carbonyl (C=O) groups excluding carboxylic acids is 3. The second-order valence-corrected chi connectivity index (χ2v) is 14.2. The van der Waals surface area contributed by atoms with Gasteiger partial charge in [-0.2, -0.15) is 0 Å².